The van der Waals surface area contributed by atoms with Gasteiger partial charge in [-0.2, -0.15) is 0 Å². The van der Waals surface area contributed by atoms with Crippen LogP contribution < -0.4 is 0 Å². The molecule has 1 aliphatic rings. The number of Topliss-reactive ketones (excluding diaryl/α,β-unsaturated/α-hetero) is 3. The van der Waals surface area contributed by atoms with Gasteiger partial charge in [0, 0.05) is 57.6 Å². The zero-order valence-electron chi connectivity index (χ0n) is 23.9. The third kappa shape index (κ3) is 17.6. The molecule has 1 rings (SSSR count). The minimum absolute atomic E-state index is 0.0251. The van der Waals surface area contributed by atoms with E-state index in [1.54, 1.807) is 13.8 Å². The van der Waals surface area contributed by atoms with Crippen molar-refractivity contribution in [1.82, 2.24) is 4.90 Å². The van der Waals surface area contributed by atoms with Crippen molar-refractivity contribution in [2.75, 3.05) is 33.0 Å². The van der Waals surface area contributed by atoms with Crippen molar-refractivity contribution in [3.05, 3.63) is 0 Å². The van der Waals surface area contributed by atoms with Gasteiger partial charge >= 0.3 is 0 Å². The van der Waals surface area contributed by atoms with E-state index >= 15 is 0 Å². The molecule has 1 heterocycles. The van der Waals surface area contributed by atoms with Crippen LogP contribution in [0, 0.1) is 5.92 Å². The second kappa shape index (κ2) is 21.9. The number of nitrogens with zero attached hydrogens (tertiary/aromatic N) is 1. The van der Waals surface area contributed by atoms with E-state index in [1.165, 1.54) is 43.4 Å². The summed E-state index contributed by atoms with van der Waals surface area (Å²) in [7, 11) is 0. The highest BCUT2D eigenvalue weighted by molar-refractivity contribution is 6.03. The highest BCUT2D eigenvalue weighted by Gasteiger charge is 2.35. The Balaban J connectivity index is 1.81. The molecule has 0 spiro atoms. The Bertz CT molecular complexity index is 721. The summed E-state index contributed by atoms with van der Waals surface area (Å²) >= 11 is 0. The second-order valence-electron chi connectivity index (χ2n) is 10.6. The normalized spacial score (nSPS) is 15.4. The topological polar surface area (TPSA) is 107 Å². The van der Waals surface area contributed by atoms with Gasteiger partial charge in [-0.3, -0.25) is 24.1 Å². The maximum Gasteiger partial charge on any atom is 0.232 e. The molecular weight excluding hydrogens is 486 g/mol. The van der Waals surface area contributed by atoms with Gasteiger partial charge in [0.25, 0.3) is 0 Å². The molecule has 1 atom stereocenters. The van der Waals surface area contributed by atoms with E-state index in [4.69, 9.17) is 9.47 Å². The number of hydrogen-bond acceptors (Lipinski definition) is 7. The minimum Gasteiger partial charge on any atom is -0.379 e. The smallest absolute Gasteiger partial charge is 0.232 e. The third-order valence-electron chi connectivity index (χ3n) is 6.96. The number of carbonyl (C=O) groups excluding carboxylic acids is 5. The zero-order valence-corrected chi connectivity index (χ0v) is 23.9. The SMILES string of the molecule is CC(=O)CCCCCCCCCCCCC(=O)CCOCCOCCCC(=O)CCN1C(=O)CC(C)C1=O. The van der Waals surface area contributed by atoms with Crippen molar-refractivity contribution in [2.24, 2.45) is 5.92 Å². The number of rotatable bonds is 26. The van der Waals surface area contributed by atoms with Gasteiger partial charge in [-0.1, -0.05) is 58.3 Å². The molecule has 1 saturated heterocycles. The fraction of sp³-hybridized carbons (Fsp3) is 0.833. The summed E-state index contributed by atoms with van der Waals surface area (Å²) < 4.78 is 11.0. The van der Waals surface area contributed by atoms with Gasteiger partial charge < -0.3 is 14.3 Å². The Morgan fingerprint density at radius 1 is 0.658 bits per heavy atom. The van der Waals surface area contributed by atoms with Crippen LogP contribution in [0.3, 0.4) is 0 Å². The summed E-state index contributed by atoms with van der Waals surface area (Å²) in [6.07, 6.45) is 14.9. The highest BCUT2D eigenvalue weighted by atomic mass is 16.5. The Morgan fingerprint density at radius 2 is 1.16 bits per heavy atom. The molecule has 38 heavy (non-hydrogen) atoms. The lowest BCUT2D eigenvalue weighted by Crippen LogP contribution is -2.32. The molecule has 1 unspecified atom stereocenters. The number of ketones is 3. The van der Waals surface area contributed by atoms with Gasteiger partial charge in [0.05, 0.1) is 19.8 Å². The van der Waals surface area contributed by atoms with Crippen LogP contribution in [0.2, 0.25) is 0 Å². The molecule has 0 N–H and O–H groups in total. The number of amides is 2. The van der Waals surface area contributed by atoms with Crippen LogP contribution >= 0.6 is 0 Å². The standard InChI is InChI=1S/C30H51NO7/c1-25-24-29(35)31(30(25)36)19-17-27(33)16-13-20-37-22-23-38-21-18-28(34)15-12-10-8-6-4-3-5-7-9-11-14-26(2)32/h25H,3-24H2,1-2H3. The predicted octanol–water partition coefficient (Wildman–Crippen LogP) is 5.38. The maximum absolute atomic E-state index is 12.0. The van der Waals surface area contributed by atoms with Crippen molar-refractivity contribution in [3.8, 4) is 0 Å². The largest absolute Gasteiger partial charge is 0.379 e. The first-order chi connectivity index (χ1) is 18.3. The maximum atomic E-state index is 12.0. The predicted molar refractivity (Wildman–Crippen MR) is 147 cm³/mol. The lowest BCUT2D eigenvalue weighted by Gasteiger charge is -2.13. The van der Waals surface area contributed by atoms with Crippen LogP contribution in [0.5, 0.6) is 0 Å². The number of ether oxygens (including phenoxy) is 2. The Hall–Kier alpha value is -1.93. The molecule has 0 aliphatic carbocycles. The van der Waals surface area contributed by atoms with Gasteiger partial charge in [0.1, 0.15) is 17.3 Å². The molecule has 0 aromatic carbocycles. The summed E-state index contributed by atoms with van der Waals surface area (Å²) in [6, 6.07) is 0. The molecule has 8 heteroatoms. The van der Waals surface area contributed by atoms with E-state index < -0.39 is 0 Å². The third-order valence-corrected chi connectivity index (χ3v) is 6.96. The molecule has 0 saturated carbocycles. The fourth-order valence-corrected chi connectivity index (χ4v) is 4.56. The molecule has 2 amide bonds. The molecule has 0 radical (unpaired) electrons. The zero-order chi connectivity index (χ0) is 28.0. The van der Waals surface area contributed by atoms with Crippen molar-refractivity contribution < 1.29 is 33.4 Å². The molecule has 1 fully saturated rings. The lowest BCUT2D eigenvalue weighted by atomic mass is 10.0. The van der Waals surface area contributed by atoms with Gasteiger partial charge in [-0.05, 0) is 26.2 Å². The Morgan fingerprint density at radius 3 is 1.71 bits per heavy atom. The van der Waals surface area contributed by atoms with Gasteiger partial charge in [-0.25, -0.2) is 0 Å². The Labute approximate surface area is 229 Å². The minimum atomic E-state index is -0.274. The summed E-state index contributed by atoms with van der Waals surface area (Å²) in [6.45, 7) is 5.29. The van der Waals surface area contributed by atoms with Crippen LogP contribution in [-0.2, 0) is 33.4 Å². The number of hydrogen-bond donors (Lipinski definition) is 0. The molecule has 0 aromatic rings. The summed E-state index contributed by atoms with van der Waals surface area (Å²) in [5, 5.41) is 0. The van der Waals surface area contributed by atoms with Crippen molar-refractivity contribution in [2.45, 2.75) is 123 Å². The van der Waals surface area contributed by atoms with E-state index in [9.17, 15) is 24.0 Å². The number of imide groups is 1. The molecule has 218 valence electrons. The van der Waals surface area contributed by atoms with Crippen LogP contribution in [0.25, 0.3) is 0 Å². The molecule has 8 nitrogen and oxygen atoms in total. The van der Waals surface area contributed by atoms with E-state index in [0.29, 0.717) is 57.9 Å². The van der Waals surface area contributed by atoms with Gasteiger partial charge in [-0.15, -0.1) is 0 Å². The second-order valence-corrected chi connectivity index (χ2v) is 10.6. The molecule has 1 aliphatic heterocycles. The van der Waals surface area contributed by atoms with E-state index in [2.05, 4.69) is 0 Å². The number of carbonyl (C=O) groups is 5. The molecule has 0 bridgehead atoms. The van der Waals surface area contributed by atoms with Crippen LogP contribution in [-0.4, -0.2) is 67.0 Å². The van der Waals surface area contributed by atoms with Crippen molar-refractivity contribution in [3.63, 3.8) is 0 Å². The monoisotopic (exact) mass is 537 g/mol. The van der Waals surface area contributed by atoms with Gasteiger partial charge in [0.2, 0.25) is 11.8 Å². The summed E-state index contributed by atoms with van der Waals surface area (Å²) in [5.41, 5.74) is 0. The van der Waals surface area contributed by atoms with Crippen LogP contribution in [0.1, 0.15) is 123 Å². The summed E-state index contributed by atoms with van der Waals surface area (Å²) in [4.78, 5) is 59.6. The summed E-state index contributed by atoms with van der Waals surface area (Å²) in [5.74, 6) is -0.0726. The lowest BCUT2D eigenvalue weighted by molar-refractivity contribution is -0.139. The fourth-order valence-electron chi connectivity index (χ4n) is 4.56. The van der Waals surface area contributed by atoms with Crippen LogP contribution in [0.4, 0.5) is 0 Å². The Kier molecular flexibility index (Phi) is 19.7. The van der Waals surface area contributed by atoms with Crippen molar-refractivity contribution >= 4 is 29.2 Å². The average molecular weight is 538 g/mol. The number of unbranched alkanes of at least 4 members (excludes halogenated alkanes) is 9. The van der Waals surface area contributed by atoms with Crippen LogP contribution in [0.15, 0.2) is 0 Å². The average Bonchev–Trinajstić information content (AvgIpc) is 3.12. The quantitative estimate of drug-likeness (QED) is 0.108. The first-order valence-electron chi connectivity index (χ1n) is 14.8. The molecular formula is C30H51NO7. The first-order valence-corrected chi connectivity index (χ1v) is 14.8. The van der Waals surface area contributed by atoms with E-state index in [0.717, 1.165) is 32.1 Å². The van der Waals surface area contributed by atoms with E-state index in [-0.39, 0.29) is 48.7 Å². The van der Waals surface area contributed by atoms with Gasteiger partial charge in [0.15, 0.2) is 0 Å². The highest BCUT2D eigenvalue weighted by Crippen LogP contribution is 2.19. The molecule has 0 aromatic heterocycles. The first kappa shape index (κ1) is 34.1. The van der Waals surface area contributed by atoms with Crippen molar-refractivity contribution in [1.29, 1.82) is 0 Å². The van der Waals surface area contributed by atoms with E-state index in [1.807, 2.05) is 0 Å². The number of likely N-dealkylation sites (tertiary alicyclic amines) is 1.